The highest BCUT2D eigenvalue weighted by molar-refractivity contribution is 6.31. The molecule has 16 heteroatoms. The third-order valence-corrected chi connectivity index (χ3v) is 14.3. The van der Waals surface area contributed by atoms with Gasteiger partial charge in [0.25, 0.3) is 0 Å². The van der Waals surface area contributed by atoms with Crippen molar-refractivity contribution in [3.05, 3.63) is 126 Å². The van der Waals surface area contributed by atoms with Gasteiger partial charge in [-0.2, -0.15) is 0 Å². The van der Waals surface area contributed by atoms with E-state index in [4.69, 9.17) is 32.7 Å². The lowest BCUT2D eigenvalue weighted by atomic mass is 9.95. The van der Waals surface area contributed by atoms with E-state index in [2.05, 4.69) is 33.6 Å². The molecule has 0 N–H and O–H groups in total. The monoisotopic (exact) mass is 974 g/mol. The molecule has 0 radical (unpaired) electrons. The number of piperazine rings is 2. The SMILES string of the molecule is Cc1ncc(C(=O)Cc2cc(Cl)cc(CN3CCN(C(=O)[C@@H]4CCOC4)[C@@H](C)C3)c2C)cc1F.Cc1ncc(C(=O)Cc2cc(Cl)cc(CN3CCN(C(=O)[C@H]4CCOC4)[C@@H](C)C3)c2C)cc1F. The second kappa shape index (κ2) is 22.8. The van der Waals surface area contributed by atoms with E-state index in [1.807, 2.05) is 35.8 Å². The van der Waals surface area contributed by atoms with Crippen molar-refractivity contribution in [1.29, 1.82) is 0 Å². The van der Waals surface area contributed by atoms with Gasteiger partial charge in [-0.3, -0.25) is 38.9 Å². The number of ether oxygens (including phenoxy) is 2. The minimum Gasteiger partial charge on any atom is -0.381 e. The molecule has 12 nitrogen and oxygen atoms in total. The Morgan fingerprint density at radius 2 is 0.985 bits per heavy atom. The van der Waals surface area contributed by atoms with Gasteiger partial charge in [0.05, 0.1) is 36.4 Å². The van der Waals surface area contributed by atoms with Crippen LogP contribution < -0.4 is 0 Å². The van der Waals surface area contributed by atoms with Crippen LogP contribution in [0, 0.1) is 51.2 Å². The summed E-state index contributed by atoms with van der Waals surface area (Å²) in [5.41, 5.74) is 6.83. The number of amides is 2. The summed E-state index contributed by atoms with van der Waals surface area (Å²) in [6, 6.07) is 10.2. The van der Waals surface area contributed by atoms with Crippen LogP contribution in [0.1, 0.15) is 92.2 Å². The van der Waals surface area contributed by atoms with Gasteiger partial charge in [0.2, 0.25) is 11.8 Å². The molecule has 8 rings (SSSR count). The predicted molar refractivity (Wildman–Crippen MR) is 257 cm³/mol. The van der Waals surface area contributed by atoms with Gasteiger partial charge < -0.3 is 19.3 Å². The van der Waals surface area contributed by atoms with E-state index in [1.54, 1.807) is 26.0 Å². The van der Waals surface area contributed by atoms with Gasteiger partial charge in [-0.1, -0.05) is 23.2 Å². The molecule has 0 aliphatic carbocycles. The molecule has 2 aromatic carbocycles. The normalized spacial score (nSPS) is 21.1. The fourth-order valence-corrected chi connectivity index (χ4v) is 10.1. The van der Waals surface area contributed by atoms with Gasteiger partial charge in [0.1, 0.15) is 11.6 Å². The Bertz CT molecular complexity index is 2350. The van der Waals surface area contributed by atoms with E-state index in [0.717, 1.165) is 72.4 Å². The number of pyridine rings is 2. The lowest BCUT2D eigenvalue weighted by Crippen LogP contribution is -2.55. The Balaban J connectivity index is 0.000000201. The maximum atomic E-state index is 13.9. The molecule has 0 saturated carbocycles. The van der Waals surface area contributed by atoms with Crippen molar-refractivity contribution in [2.45, 2.75) is 92.4 Å². The molecular weight excluding hydrogens is 914 g/mol. The summed E-state index contributed by atoms with van der Waals surface area (Å²) in [4.78, 5) is 67.8. The number of rotatable bonds is 12. The number of nitrogens with zero attached hydrogens (tertiary/aromatic N) is 6. The summed E-state index contributed by atoms with van der Waals surface area (Å²) in [5, 5.41) is 1.14. The van der Waals surface area contributed by atoms with Gasteiger partial charge in [-0.25, -0.2) is 8.78 Å². The topological polar surface area (TPSA) is 125 Å². The smallest absolute Gasteiger partial charge is 0.228 e. The summed E-state index contributed by atoms with van der Waals surface area (Å²) in [7, 11) is 0. The minimum absolute atomic E-state index is 0.0125. The number of benzene rings is 2. The predicted octanol–water partition coefficient (Wildman–Crippen LogP) is 7.97. The zero-order valence-corrected chi connectivity index (χ0v) is 41.4. The summed E-state index contributed by atoms with van der Waals surface area (Å²) >= 11 is 12.8. The fourth-order valence-electron chi connectivity index (χ4n) is 9.58. The average molecular weight is 976 g/mol. The first kappa shape index (κ1) is 51.2. The van der Waals surface area contributed by atoms with Crippen molar-refractivity contribution in [3.63, 3.8) is 0 Å². The van der Waals surface area contributed by atoms with Crippen molar-refractivity contribution >= 4 is 46.6 Å². The van der Waals surface area contributed by atoms with Gasteiger partial charge in [-0.05, 0) is 124 Å². The number of ketones is 2. The largest absolute Gasteiger partial charge is 0.381 e. The van der Waals surface area contributed by atoms with Crippen LogP contribution in [0.5, 0.6) is 0 Å². The van der Waals surface area contributed by atoms with Gasteiger partial charge in [-0.15, -0.1) is 0 Å². The summed E-state index contributed by atoms with van der Waals surface area (Å²) in [6.07, 6.45) is 4.71. The molecule has 4 aromatic rings. The summed E-state index contributed by atoms with van der Waals surface area (Å²) in [6.45, 7) is 19.5. The zero-order chi connectivity index (χ0) is 48.8. The van der Waals surface area contributed by atoms with Crippen molar-refractivity contribution in [1.82, 2.24) is 29.6 Å². The minimum atomic E-state index is -0.485. The Morgan fingerprint density at radius 1 is 0.603 bits per heavy atom. The number of carbonyl (C=O) groups excluding carboxylic acids is 4. The Kier molecular flexibility index (Phi) is 17.2. The highest BCUT2D eigenvalue weighted by atomic mass is 35.5. The fraction of sp³-hybridized carbons (Fsp3) is 0.500. The van der Waals surface area contributed by atoms with Crippen molar-refractivity contribution in [2.24, 2.45) is 11.8 Å². The molecular formula is C52H62Cl2F2N6O6. The molecule has 4 atom stereocenters. The second-order valence-electron chi connectivity index (χ2n) is 18.8. The molecule has 0 unspecified atom stereocenters. The van der Waals surface area contributed by atoms with Crippen molar-refractivity contribution in [3.8, 4) is 0 Å². The van der Waals surface area contributed by atoms with Crippen molar-refractivity contribution in [2.75, 3.05) is 65.7 Å². The van der Waals surface area contributed by atoms with E-state index < -0.39 is 11.6 Å². The van der Waals surface area contributed by atoms with E-state index in [-0.39, 0.29) is 82.7 Å². The Labute approximate surface area is 408 Å². The van der Waals surface area contributed by atoms with Crippen LogP contribution in [0.25, 0.3) is 0 Å². The highest BCUT2D eigenvalue weighted by Crippen LogP contribution is 2.28. The summed E-state index contributed by atoms with van der Waals surface area (Å²) < 4.78 is 38.5. The van der Waals surface area contributed by atoms with Gasteiger partial charge in [0.15, 0.2) is 11.6 Å². The van der Waals surface area contributed by atoms with Crippen LogP contribution >= 0.6 is 23.2 Å². The standard InChI is InChI=1S/2C26H31ClFN3O3/c2*1-16-13-30(5-6-31(16)26(33)19-4-7-34-15-19)14-22-9-23(27)8-20(17(22)2)11-25(32)21-10-24(28)18(3)29-12-21/h2*8-10,12,16,19H,4-7,11,13-15H2,1-3H3/t16-,19+;16-,19-/m00/s1. The van der Waals surface area contributed by atoms with E-state index in [1.165, 1.54) is 24.5 Å². The number of hydrogen-bond acceptors (Lipinski definition) is 10. The molecule has 364 valence electrons. The second-order valence-corrected chi connectivity index (χ2v) is 19.7. The first-order chi connectivity index (χ1) is 32.4. The maximum Gasteiger partial charge on any atom is 0.228 e. The number of hydrogen-bond donors (Lipinski definition) is 0. The molecule has 0 spiro atoms. The van der Waals surface area contributed by atoms with Crippen LogP contribution in [-0.2, 0) is 45.0 Å². The van der Waals surface area contributed by atoms with Crippen LogP contribution in [0.3, 0.4) is 0 Å². The molecule has 6 heterocycles. The highest BCUT2D eigenvalue weighted by Gasteiger charge is 2.35. The first-order valence-electron chi connectivity index (χ1n) is 23.5. The summed E-state index contributed by atoms with van der Waals surface area (Å²) in [5.74, 6) is -0.984. The molecule has 4 aliphatic heterocycles. The number of halogens is 4. The molecule has 0 bridgehead atoms. The van der Waals surface area contributed by atoms with E-state index in [0.29, 0.717) is 62.7 Å². The van der Waals surface area contributed by atoms with E-state index in [9.17, 15) is 28.0 Å². The third kappa shape index (κ3) is 12.5. The molecule has 4 saturated heterocycles. The quantitative estimate of drug-likeness (QED) is 0.129. The molecule has 2 aromatic heterocycles. The third-order valence-electron chi connectivity index (χ3n) is 13.9. The molecule has 4 fully saturated rings. The Morgan fingerprint density at radius 3 is 1.32 bits per heavy atom. The molecule has 2 amide bonds. The first-order valence-corrected chi connectivity index (χ1v) is 24.3. The molecule has 4 aliphatic rings. The Hall–Kier alpha value is -4.70. The van der Waals surface area contributed by atoms with E-state index >= 15 is 0 Å². The van der Waals surface area contributed by atoms with Crippen molar-refractivity contribution < 1.29 is 37.4 Å². The number of Topliss-reactive ketones (excluding diaryl/α,β-unsaturated/α-hetero) is 2. The van der Waals surface area contributed by atoms with Gasteiger partial charge >= 0.3 is 0 Å². The number of carbonyl (C=O) groups is 4. The average Bonchev–Trinajstić information content (AvgIpc) is 4.05. The van der Waals surface area contributed by atoms with Crippen LogP contribution in [-0.4, -0.2) is 131 Å². The lowest BCUT2D eigenvalue weighted by molar-refractivity contribution is -0.141. The molecule has 68 heavy (non-hydrogen) atoms. The maximum absolute atomic E-state index is 13.9. The van der Waals surface area contributed by atoms with Crippen LogP contribution in [0.15, 0.2) is 48.8 Å². The number of aromatic nitrogens is 2. The van der Waals surface area contributed by atoms with Gasteiger partial charge in [0, 0.05) is 124 Å². The number of aryl methyl sites for hydroxylation is 2. The van der Waals surface area contributed by atoms with Crippen LogP contribution in [0.4, 0.5) is 8.78 Å². The zero-order valence-electron chi connectivity index (χ0n) is 39.9. The lowest BCUT2D eigenvalue weighted by Gasteiger charge is -2.41. The van der Waals surface area contributed by atoms with Crippen LogP contribution in [0.2, 0.25) is 10.0 Å².